The normalized spacial score (nSPS) is 14.5. The number of ketones is 2. The van der Waals surface area contributed by atoms with Crippen LogP contribution in [0.2, 0.25) is 0 Å². The van der Waals surface area contributed by atoms with Crippen LogP contribution in [0.1, 0.15) is 0 Å². The molecule has 51 heavy (non-hydrogen) atoms. The molecule has 4 aliphatic rings. The molecule has 0 bridgehead atoms. The van der Waals surface area contributed by atoms with Gasteiger partial charge in [-0.3, -0.25) is 19.6 Å². The molecule has 3 aliphatic heterocycles. The number of carbonyl (C=O) groups excluding carboxylic acids is 2. The van der Waals surface area contributed by atoms with Crippen molar-refractivity contribution in [2.75, 3.05) is 39.3 Å². The number of hydrogen-bond acceptors (Lipinski definition) is 7. The molecule has 0 atom stereocenters. The number of halogens is 2. The number of pyridine rings is 2. The molecule has 9 rings (SSSR count). The van der Waals surface area contributed by atoms with E-state index < -0.39 is 0 Å². The molecule has 3 aromatic carbocycles. The molecular weight excluding hydrogens is 786 g/mol. The molecule has 0 saturated carbocycles. The van der Waals surface area contributed by atoms with Gasteiger partial charge in [0.1, 0.15) is 11.4 Å². The number of carbonyl (C=O) groups is 2. The van der Waals surface area contributed by atoms with Gasteiger partial charge in [0.15, 0.2) is 0 Å². The Kier molecular flexibility index (Phi) is 17.7. The second-order valence-electron chi connectivity index (χ2n) is 11.2. The van der Waals surface area contributed by atoms with Gasteiger partial charge in [-0.1, -0.05) is 72.8 Å². The summed E-state index contributed by atoms with van der Waals surface area (Å²) in [7, 11) is 0. The number of aromatic nitrogens is 2. The van der Waals surface area contributed by atoms with Crippen LogP contribution in [0.4, 0.5) is 0 Å². The summed E-state index contributed by atoms with van der Waals surface area (Å²) in [6.45, 7) is 5.41. The molecule has 1 aliphatic carbocycles. The van der Waals surface area contributed by atoms with E-state index in [-0.39, 0.29) is 83.2 Å². The van der Waals surface area contributed by atoms with Gasteiger partial charge in [-0.25, -0.2) is 0 Å². The van der Waals surface area contributed by atoms with E-state index in [1.165, 1.54) is 28.3 Å². The number of nitrogens with zero attached hydrogens (tertiary/aromatic N) is 5. The van der Waals surface area contributed by atoms with Crippen LogP contribution in [0, 0.1) is 0 Å². The number of allylic oxidation sites excluding steroid dienone is 1. The van der Waals surface area contributed by atoms with Crippen molar-refractivity contribution in [2.45, 2.75) is 0 Å². The van der Waals surface area contributed by atoms with Gasteiger partial charge in [0, 0.05) is 88.0 Å². The molecule has 15 heteroatoms. The number of rotatable bonds is 5. The van der Waals surface area contributed by atoms with Crippen LogP contribution in [-0.4, -0.2) is 103 Å². The standard InChI is InChI=1S/C24H16N2.C12H13N3O2.2ClH.5H2O.Ru/c1-3-7-17(8-4-1)19-13-15-25-23-21(19)11-12-22-20(14-16-26-24(22)23)18-9-5-2-6-10-18;16-9-7-8(13-1-2-13)12(17)11(15-5-6-15)10(9)14-3-4-14;;;;;;;;/h1-16H;7H,1-6H2;2*1H;5*1H2;. The van der Waals surface area contributed by atoms with Crippen molar-refractivity contribution < 1.29 is 56.4 Å². The summed E-state index contributed by atoms with van der Waals surface area (Å²) in [5.74, 6) is 0.0485. The van der Waals surface area contributed by atoms with E-state index in [9.17, 15) is 9.59 Å². The third kappa shape index (κ3) is 9.14. The fourth-order valence-electron chi connectivity index (χ4n) is 5.84. The number of fused-ring (bicyclic) bond motifs is 3. The van der Waals surface area contributed by atoms with Crippen molar-refractivity contribution in [1.82, 2.24) is 24.7 Å². The van der Waals surface area contributed by atoms with Crippen LogP contribution in [0.5, 0.6) is 0 Å². The van der Waals surface area contributed by atoms with Crippen LogP contribution >= 0.6 is 24.8 Å². The molecule has 0 radical (unpaired) electrons. The fraction of sp³-hybridized carbons (Fsp3) is 0.167. The molecule has 0 amide bonds. The maximum Gasteiger partial charge on any atom is 0.227 e. The molecule has 12 nitrogen and oxygen atoms in total. The predicted octanol–water partition coefficient (Wildman–Crippen LogP) is 2.02. The zero-order valence-corrected chi connectivity index (χ0v) is 30.7. The van der Waals surface area contributed by atoms with Crippen molar-refractivity contribution in [3.8, 4) is 22.3 Å². The Bertz CT molecular complexity index is 1910. The Morgan fingerprint density at radius 2 is 0.882 bits per heavy atom. The number of Topliss-reactive ketones (excluding diaryl/α,β-unsaturated/α-hetero) is 1. The largest absolute Gasteiger partial charge is 0.412 e. The summed E-state index contributed by atoms with van der Waals surface area (Å²) in [4.78, 5) is 39.8. The van der Waals surface area contributed by atoms with E-state index in [4.69, 9.17) is 0 Å². The molecule has 0 spiro atoms. The summed E-state index contributed by atoms with van der Waals surface area (Å²) in [6, 6.07) is 29.3. The van der Waals surface area contributed by atoms with E-state index in [0.717, 1.165) is 61.1 Å². The minimum Gasteiger partial charge on any atom is -0.412 e. The molecule has 5 heterocycles. The molecule has 10 N–H and O–H groups in total. The molecule has 5 aromatic rings. The van der Waals surface area contributed by atoms with Gasteiger partial charge >= 0.3 is 0 Å². The maximum absolute atomic E-state index is 12.4. The van der Waals surface area contributed by atoms with Gasteiger partial charge in [0.05, 0.1) is 16.7 Å². The smallest absolute Gasteiger partial charge is 0.227 e. The van der Waals surface area contributed by atoms with Gasteiger partial charge in [-0.15, -0.1) is 24.8 Å². The summed E-state index contributed by atoms with van der Waals surface area (Å²) >= 11 is 0. The van der Waals surface area contributed by atoms with Crippen LogP contribution < -0.4 is 0 Å². The Labute approximate surface area is 320 Å². The average molecular weight is 828 g/mol. The monoisotopic (exact) mass is 827 g/mol. The fourth-order valence-corrected chi connectivity index (χ4v) is 5.84. The molecule has 3 fully saturated rings. The predicted molar refractivity (Wildman–Crippen MR) is 200 cm³/mol. The first-order valence-corrected chi connectivity index (χ1v) is 14.7. The molecule has 0 unspecified atom stereocenters. The third-order valence-corrected chi connectivity index (χ3v) is 8.28. The zero-order chi connectivity index (χ0) is 28.9. The Morgan fingerprint density at radius 3 is 1.27 bits per heavy atom. The molecule has 3 saturated heterocycles. The van der Waals surface area contributed by atoms with E-state index >= 15 is 0 Å². The topological polar surface area (TPSA) is 226 Å². The SMILES string of the molecule is Cl.Cl.O.O.O.O.O.O=C1C=C(N2CC2)C(=O)C(N2CC2)=C1N1CC1.[Ru].c1ccc(-c2ccnc3c2ccc2c(-c4ccccc4)ccnc23)cc1. The van der Waals surface area contributed by atoms with Crippen LogP contribution in [0.25, 0.3) is 44.1 Å². The second-order valence-corrected chi connectivity index (χ2v) is 11.2. The Morgan fingerprint density at radius 1 is 0.490 bits per heavy atom. The summed E-state index contributed by atoms with van der Waals surface area (Å²) in [5, 5.41) is 2.26. The van der Waals surface area contributed by atoms with Crippen LogP contribution in [-0.2, 0) is 29.1 Å². The average Bonchev–Trinajstić information content (AvgIpc) is 3.88. The minimum absolute atomic E-state index is 0. The number of hydrogen-bond donors (Lipinski definition) is 0. The van der Waals surface area contributed by atoms with E-state index in [0.29, 0.717) is 17.1 Å². The number of benzene rings is 3. The van der Waals surface area contributed by atoms with Gasteiger partial charge in [0.2, 0.25) is 11.6 Å². The zero-order valence-electron chi connectivity index (χ0n) is 27.3. The van der Waals surface area contributed by atoms with Crippen LogP contribution in [0.15, 0.2) is 120 Å². The molecular formula is C36H41Cl2N5O7Ru. The third-order valence-electron chi connectivity index (χ3n) is 8.28. The van der Waals surface area contributed by atoms with Crippen molar-refractivity contribution in [2.24, 2.45) is 0 Å². The van der Waals surface area contributed by atoms with Gasteiger partial charge in [0.25, 0.3) is 0 Å². The summed E-state index contributed by atoms with van der Waals surface area (Å²) in [5.41, 5.74) is 8.53. The Hall–Kier alpha value is -4.30. The first-order valence-electron chi connectivity index (χ1n) is 14.7. The summed E-state index contributed by atoms with van der Waals surface area (Å²) < 4.78 is 0. The van der Waals surface area contributed by atoms with Crippen molar-refractivity contribution in [3.63, 3.8) is 0 Å². The molecule has 2 aromatic heterocycles. The second kappa shape index (κ2) is 19.3. The van der Waals surface area contributed by atoms with Crippen molar-refractivity contribution >= 4 is 58.2 Å². The van der Waals surface area contributed by atoms with E-state index in [1.54, 1.807) is 0 Å². The summed E-state index contributed by atoms with van der Waals surface area (Å²) in [6.07, 6.45) is 5.28. The van der Waals surface area contributed by atoms with Crippen molar-refractivity contribution in [1.29, 1.82) is 0 Å². The molecule has 274 valence electrons. The van der Waals surface area contributed by atoms with Gasteiger partial charge in [-0.2, -0.15) is 0 Å². The van der Waals surface area contributed by atoms with Gasteiger partial charge < -0.3 is 42.1 Å². The van der Waals surface area contributed by atoms with Gasteiger partial charge in [-0.05, 0) is 34.4 Å². The minimum atomic E-state index is 0. The van der Waals surface area contributed by atoms with E-state index in [2.05, 4.69) is 82.8 Å². The first-order chi connectivity index (χ1) is 21.2. The van der Waals surface area contributed by atoms with E-state index in [1.807, 2.05) is 39.2 Å². The first kappa shape index (κ1) is 46.7. The quantitative estimate of drug-likeness (QED) is 0.111. The van der Waals surface area contributed by atoms with Crippen molar-refractivity contribution in [3.05, 3.63) is 120 Å². The maximum atomic E-state index is 12.4. The van der Waals surface area contributed by atoms with Crippen LogP contribution in [0.3, 0.4) is 0 Å². The Balaban J connectivity index is 0.000000894.